The fraction of sp³-hybridized carbons (Fsp3) is 0.238. The van der Waals surface area contributed by atoms with Crippen molar-refractivity contribution >= 4 is 23.5 Å². The summed E-state index contributed by atoms with van der Waals surface area (Å²) in [6.45, 7) is 2.39. The van der Waals surface area contributed by atoms with E-state index >= 15 is 0 Å². The van der Waals surface area contributed by atoms with Crippen molar-refractivity contribution in [1.29, 1.82) is 0 Å². The van der Waals surface area contributed by atoms with Crippen LogP contribution in [-0.4, -0.2) is 18.5 Å². The molecule has 0 saturated heterocycles. The van der Waals surface area contributed by atoms with Crippen molar-refractivity contribution in [3.05, 3.63) is 82.5 Å². The third-order valence-electron chi connectivity index (χ3n) is 4.03. The van der Waals surface area contributed by atoms with E-state index in [0.717, 1.165) is 35.2 Å². The lowest BCUT2D eigenvalue weighted by Crippen LogP contribution is -2.14. The van der Waals surface area contributed by atoms with E-state index in [4.69, 9.17) is 21.1 Å². The smallest absolute Gasteiger partial charge is 0.434 e. The van der Waals surface area contributed by atoms with Gasteiger partial charge in [-0.15, -0.1) is 0 Å². The van der Waals surface area contributed by atoms with Crippen LogP contribution in [0.3, 0.4) is 0 Å². The Morgan fingerprint density at radius 3 is 2.77 bits per heavy atom. The highest BCUT2D eigenvalue weighted by Crippen LogP contribution is 2.30. The summed E-state index contributed by atoms with van der Waals surface area (Å²) in [5, 5.41) is 0.596. The van der Waals surface area contributed by atoms with E-state index < -0.39 is 12.3 Å². The van der Waals surface area contributed by atoms with E-state index in [1.54, 1.807) is 18.3 Å². The molecule has 1 aliphatic rings. The SMILES string of the molecule is CCCCOC(=O)OC1C=CN=C(c2ccccc2)c2cc(Cl)ccc21. The van der Waals surface area contributed by atoms with Crippen LogP contribution in [0.5, 0.6) is 0 Å². The Labute approximate surface area is 158 Å². The molecule has 0 bridgehead atoms. The standard InChI is InChI=1S/C21H20ClNO3/c1-2-3-13-25-21(24)26-19-11-12-23-20(15-7-5-4-6-8-15)18-14-16(22)9-10-17(18)19/h4-12,14,19H,2-3,13H2,1H3. The van der Waals surface area contributed by atoms with Gasteiger partial charge in [-0.25, -0.2) is 4.79 Å². The molecule has 0 aliphatic carbocycles. The topological polar surface area (TPSA) is 47.9 Å². The Morgan fingerprint density at radius 2 is 2.00 bits per heavy atom. The molecule has 1 aliphatic heterocycles. The zero-order chi connectivity index (χ0) is 18.4. The highest BCUT2D eigenvalue weighted by atomic mass is 35.5. The molecule has 1 unspecified atom stereocenters. The minimum absolute atomic E-state index is 0.352. The molecule has 26 heavy (non-hydrogen) atoms. The number of rotatable bonds is 5. The molecule has 0 N–H and O–H groups in total. The van der Waals surface area contributed by atoms with E-state index in [1.165, 1.54) is 0 Å². The van der Waals surface area contributed by atoms with Gasteiger partial charge in [0.1, 0.15) is 0 Å². The Kier molecular flexibility index (Phi) is 6.08. The second kappa shape index (κ2) is 8.68. The molecule has 0 saturated carbocycles. The maximum absolute atomic E-state index is 12.0. The highest BCUT2D eigenvalue weighted by Gasteiger charge is 2.23. The normalized spacial score (nSPS) is 15.6. The second-order valence-electron chi connectivity index (χ2n) is 5.91. The number of hydrogen-bond acceptors (Lipinski definition) is 4. The van der Waals surface area contributed by atoms with Gasteiger partial charge in [-0.3, -0.25) is 4.99 Å². The van der Waals surface area contributed by atoms with Crippen molar-refractivity contribution in [2.45, 2.75) is 25.9 Å². The Hall–Kier alpha value is -2.59. The van der Waals surface area contributed by atoms with Crippen molar-refractivity contribution in [2.75, 3.05) is 6.61 Å². The van der Waals surface area contributed by atoms with E-state index in [0.29, 0.717) is 11.6 Å². The quantitative estimate of drug-likeness (QED) is 0.501. The van der Waals surface area contributed by atoms with Crippen LogP contribution in [0.1, 0.15) is 42.6 Å². The van der Waals surface area contributed by atoms with Crippen LogP contribution in [0.15, 0.2) is 65.8 Å². The summed E-state index contributed by atoms with van der Waals surface area (Å²) in [7, 11) is 0. The largest absolute Gasteiger partial charge is 0.509 e. The molecule has 2 aromatic carbocycles. The fourth-order valence-electron chi connectivity index (χ4n) is 2.72. The minimum Gasteiger partial charge on any atom is -0.434 e. The maximum Gasteiger partial charge on any atom is 0.509 e. The van der Waals surface area contributed by atoms with Crippen LogP contribution in [0.25, 0.3) is 0 Å². The number of hydrogen-bond donors (Lipinski definition) is 0. The van der Waals surface area contributed by atoms with Gasteiger partial charge in [-0.05, 0) is 24.6 Å². The zero-order valence-corrected chi connectivity index (χ0v) is 15.3. The van der Waals surface area contributed by atoms with Gasteiger partial charge in [0, 0.05) is 27.9 Å². The number of nitrogens with zero attached hydrogens (tertiary/aromatic N) is 1. The van der Waals surface area contributed by atoms with Gasteiger partial charge < -0.3 is 9.47 Å². The predicted molar refractivity (Wildman–Crippen MR) is 103 cm³/mol. The average molecular weight is 370 g/mol. The number of carbonyl (C=O) groups is 1. The second-order valence-corrected chi connectivity index (χ2v) is 6.34. The monoisotopic (exact) mass is 369 g/mol. The summed E-state index contributed by atoms with van der Waals surface area (Å²) in [6.07, 6.45) is 3.89. The molecule has 2 aromatic rings. The van der Waals surface area contributed by atoms with Gasteiger partial charge in [0.15, 0.2) is 6.10 Å². The van der Waals surface area contributed by atoms with Gasteiger partial charge >= 0.3 is 6.16 Å². The van der Waals surface area contributed by atoms with Crippen LogP contribution >= 0.6 is 11.6 Å². The first-order valence-electron chi connectivity index (χ1n) is 8.62. The molecule has 0 amide bonds. The number of benzene rings is 2. The van der Waals surface area contributed by atoms with Crippen LogP contribution in [0.4, 0.5) is 4.79 Å². The van der Waals surface area contributed by atoms with Gasteiger partial charge in [0.05, 0.1) is 12.3 Å². The summed E-state index contributed by atoms with van der Waals surface area (Å²) in [5.41, 5.74) is 3.40. The molecule has 5 heteroatoms. The summed E-state index contributed by atoms with van der Waals surface area (Å²) in [6, 6.07) is 15.3. The van der Waals surface area contributed by atoms with Crippen molar-refractivity contribution in [2.24, 2.45) is 4.99 Å². The summed E-state index contributed by atoms with van der Waals surface area (Å²) >= 11 is 6.21. The summed E-state index contributed by atoms with van der Waals surface area (Å²) < 4.78 is 10.6. The van der Waals surface area contributed by atoms with Crippen molar-refractivity contribution in [3.63, 3.8) is 0 Å². The van der Waals surface area contributed by atoms with E-state index in [1.807, 2.05) is 49.4 Å². The predicted octanol–water partition coefficient (Wildman–Crippen LogP) is 5.70. The molecule has 0 radical (unpaired) electrons. The lowest BCUT2D eigenvalue weighted by atomic mass is 9.95. The number of ether oxygens (including phenoxy) is 2. The number of aliphatic imine (C=N–C) groups is 1. The maximum atomic E-state index is 12.0. The third-order valence-corrected chi connectivity index (χ3v) is 4.26. The number of carbonyl (C=O) groups excluding carboxylic acids is 1. The number of unbranched alkanes of at least 4 members (excludes halogenated alkanes) is 1. The van der Waals surface area contributed by atoms with Gasteiger partial charge in [-0.2, -0.15) is 0 Å². The first-order valence-corrected chi connectivity index (χ1v) is 9.00. The molecule has 1 heterocycles. The molecule has 0 fully saturated rings. The highest BCUT2D eigenvalue weighted by molar-refractivity contribution is 6.31. The Morgan fingerprint density at radius 1 is 1.19 bits per heavy atom. The molecular weight excluding hydrogens is 350 g/mol. The van der Waals surface area contributed by atoms with Gasteiger partial charge in [0.2, 0.25) is 0 Å². The molecular formula is C21H20ClNO3. The van der Waals surface area contributed by atoms with E-state index in [2.05, 4.69) is 4.99 Å². The molecule has 0 aromatic heterocycles. The van der Waals surface area contributed by atoms with Gasteiger partial charge in [-0.1, -0.05) is 61.3 Å². The molecule has 0 spiro atoms. The zero-order valence-electron chi connectivity index (χ0n) is 14.5. The van der Waals surface area contributed by atoms with Crippen LogP contribution in [0, 0.1) is 0 Å². The first kappa shape index (κ1) is 18.2. The van der Waals surface area contributed by atoms with Crippen LogP contribution in [-0.2, 0) is 9.47 Å². The summed E-state index contributed by atoms with van der Waals surface area (Å²) in [4.78, 5) is 16.5. The van der Waals surface area contributed by atoms with Crippen molar-refractivity contribution in [1.82, 2.24) is 0 Å². The van der Waals surface area contributed by atoms with Gasteiger partial charge in [0.25, 0.3) is 0 Å². The molecule has 1 atom stereocenters. The molecule has 3 rings (SSSR count). The first-order chi connectivity index (χ1) is 12.7. The number of halogens is 1. The van der Waals surface area contributed by atoms with Crippen molar-refractivity contribution in [3.8, 4) is 0 Å². The average Bonchev–Trinajstić information content (AvgIpc) is 2.82. The van der Waals surface area contributed by atoms with Crippen LogP contribution < -0.4 is 0 Å². The molecule has 134 valence electrons. The fourth-order valence-corrected chi connectivity index (χ4v) is 2.89. The lowest BCUT2D eigenvalue weighted by molar-refractivity contribution is 0.0360. The Balaban J connectivity index is 1.90. The Bertz CT molecular complexity index is 830. The number of fused-ring (bicyclic) bond motifs is 1. The van der Waals surface area contributed by atoms with Crippen molar-refractivity contribution < 1.29 is 14.3 Å². The minimum atomic E-state index is -0.683. The van der Waals surface area contributed by atoms with Crippen LogP contribution in [0.2, 0.25) is 5.02 Å². The van der Waals surface area contributed by atoms with E-state index in [9.17, 15) is 4.79 Å². The van der Waals surface area contributed by atoms with E-state index in [-0.39, 0.29) is 0 Å². The lowest BCUT2D eigenvalue weighted by Gasteiger charge is -2.17. The summed E-state index contributed by atoms with van der Waals surface area (Å²) in [5.74, 6) is 0. The molecule has 4 nitrogen and oxygen atoms in total. The third kappa shape index (κ3) is 4.33.